The fourth-order valence-corrected chi connectivity index (χ4v) is 1.97. The van der Waals surface area contributed by atoms with Crippen molar-refractivity contribution in [2.75, 3.05) is 14.1 Å². The van der Waals surface area contributed by atoms with Gasteiger partial charge in [-0.05, 0) is 18.6 Å². The molecule has 1 atom stereocenters. The number of carbonyl (C=O) groups excluding carboxylic acids is 1. The highest BCUT2D eigenvalue weighted by molar-refractivity contribution is 8.00. The van der Waals surface area contributed by atoms with Crippen molar-refractivity contribution in [2.45, 2.75) is 23.6 Å². The smallest absolute Gasteiger partial charge is 0.317 e. The maximum atomic E-state index is 11.6. The molecule has 98 valence electrons. The number of amides is 1. The average Bonchev–Trinajstić information content (AvgIpc) is 2.35. The minimum absolute atomic E-state index is 0.232. The molecule has 0 aromatic carbocycles. The van der Waals surface area contributed by atoms with Gasteiger partial charge in [0, 0.05) is 14.1 Å². The number of aliphatic carboxylic acids is 1. The van der Waals surface area contributed by atoms with Crippen molar-refractivity contribution in [1.82, 2.24) is 15.1 Å². The van der Waals surface area contributed by atoms with Gasteiger partial charge in [0.1, 0.15) is 10.3 Å². The largest absolute Gasteiger partial charge is 0.480 e. The Morgan fingerprint density at radius 1 is 1.39 bits per heavy atom. The summed E-state index contributed by atoms with van der Waals surface area (Å²) in [7, 11) is 3.26. The van der Waals surface area contributed by atoms with Crippen LogP contribution in [0, 0.1) is 0 Å². The molecular weight excluding hydrogens is 254 g/mol. The van der Waals surface area contributed by atoms with Gasteiger partial charge in [0.2, 0.25) is 0 Å². The molecule has 0 saturated carbocycles. The fraction of sp³-hybridized carbons (Fsp3) is 0.455. The second-order valence-corrected chi connectivity index (χ2v) is 5.03. The van der Waals surface area contributed by atoms with Gasteiger partial charge in [0.15, 0.2) is 5.69 Å². The summed E-state index contributed by atoms with van der Waals surface area (Å²) < 4.78 is 0. The highest BCUT2D eigenvalue weighted by Crippen LogP contribution is 2.23. The molecule has 1 aromatic rings. The molecule has 1 rings (SSSR count). The number of hydrogen-bond donors (Lipinski definition) is 1. The Kier molecular flexibility index (Phi) is 5.08. The molecule has 0 radical (unpaired) electrons. The molecule has 0 aliphatic heterocycles. The molecule has 1 unspecified atom stereocenters. The van der Waals surface area contributed by atoms with E-state index in [4.69, 9.17) is 5.11 Å². The van der Waals surface area contributed by atoms with E-state index in [-0.39, 0.29) is 11.6 Å². The number of aromatic nitrogens is 2. The third-order valence-corrected chi connectivity index (χ3v) is 3.45. The Morgan fingerprint density at radius 3 is 2.44 bits per heavy atom. The lowest BCUT2D eigenvalue weighted by atomic mass is 10.3. The van der Waals surface area contributed by atoms with E-state index >= 15 is 0 Å². The normalized spacial score (nSPS) is 11.9. The van der Waals surface area contributed by atoms with Crippen LogP contribution in [-0.4, -0.2) is 51.4 Å². The van der Waals surface area contributed by atoms with Gasteiger partial charge in [-0.15, -0.1) is 10.2 Å². The van der Waals surface area contributed by atoms with Crippen LogP contribution in [0.5, 0.6) is 0 Å². The first-order valence-electron chi connectivity index (χ1n) is 5.40. The van der Waals surface area contributed by atoms with Crippen molar-refractivity contribution in [3.05, 3.63) is 17.8 Å². The molecule has 0 aliphatic rings. The molecule has 7 heteroatoms. The Balaban J connectivity index is 2.77. The summed E-state index contributed by atoms with van der Waals surface area (Å²) >= 11 is 1.13. The van der Waals surface area contributed by atoms with Crippen molar-refractivity contribution in [3.8, 4) is 0 Å². The summed E-state index contributed by atoms with van der Waals surface area (Å²) in [5.41, 5.74) is 0.243. The predicted octanol–water partition coefficient (Wildman–Crippen LogP) is 1.13. The maximum absolute atomic E-state index is 11.6. The van der Waals surface area contributed by atoms with Crippen LogP contribution in [0.4, 0.5) is 0 Å². The SMILES string of the molecule is CCC(Sc1ccc(C(=O)N(C)C)nn1)C(=O)O. The van der Waals surface area contributed by atoms with E-state index in [0.717, 1.165) is 11.8 Å². The molecule has 0 spiro atoms. The van der Waals surface area contributed by atoms with Crippen LogP contribution in [0.15, 0.2) is 17.2 Å². The maximum Gasteiger partial charge on any atom is 0.317 e. The van der Waals surface area contributed by atoms with Gasteiger partial charge in [-0.1, -0.05) is 18.7 Å². The summed E-state index contributed by atoms with van der Waals surface area (Å²) in [6.07, 6.45) is 0.500. The molecule has 1 amide bonds. The monoisotopic (exact) mass is 269 g/mol. The quantitative estimate of drug-likeness (QED) is 0.807. The van der Waals surface area contributed by atoms with Gasteiger partial charge in [-0.3, -0.25) is 9.59 Å². The Bertz CT molecular complexity index is 434. The third-order valence-electron chi connectivity index (χ3n) is 2.17. The zero-order valence-corrected chi connectivity index (χ0v) is 11.3. The van der Waals surface area contributed by atoms with Crippen LogP contribution in [0.3, 0.4) is 0 Å². The summed E-state index contributed by atoms with van der Waals surface area (Å²) in [5.74, 6) is -1.11. The van der Waals surface area contributed by atoms with E-state index in [2.05, 4.69) is 10.2 Å². The van der Waals surface area contributed by atoms with Crippen molar-refractivity contribution < 1.29 is 14.7 Å². The Morgan fingerprint density at radius 2 is 2.06 bits per heavy atom. The number of carboxylic acid groups (broad SMARTS) is 1. The fourth-order valence-electron chi connectivity index (χ4n) is 1.18. The van der Waals surface area contributed by atoms with Crippen LogP contribution in [-0.2, 0) is 4.79 Å². The number of carbonyl (C=O) groups is 2. The highest BCUT2D eigenvalue weighted by Gasteiger charge is 2.18. The first-order valence-corrected chi connectivity index (χ1v) is 6.28. The molecule has 0 bridgehead atoms. The first kappa shape index (κ1) is 14.4. The number of thioether (sulfide) groups is 1. The number of carboxylic acids is 1. The van der Waals surface area contributed by atoms with E-state index in [0.29, 0.717) is 11.4 Å². The lowest BCUT2D eigenvalue weighted by molar-refractivity contribution is -0.136. The summed E-state index contributed by atoms with van der Waals surface area (Å²) in [6.45, 7) is 1.79. The minimum atomic E-state index is -0.877. The van der Waals surface area contributed by atoms with Gasteiger partial charge in [0.05, 0.1) is 0 Å². The molecule has 0 saturated heterocycles. The number of nitrogens with zero attached hydrogens (tertiary/aromatic N) is 3. The lowest BCUT2D eigenvalue weighted by Gasteiger charge is -2.10. The van der Waals surface area contributed by atoms with Crippen LogP contribution in [0.1, 0.15) is 23.8 Å². The van der Waals surface area contributed by atoms with Crippen molar-refractivity contribution >= 4 is 23.6 Å². The topological polar surface area (TPSA) is 83.4 Å². The molecule has 18 heavy (non-hydrogen) atoms. The van der Waals surface area contributed by atoms with Crippen molar-refractivity contribution in [1.29, 1.82) is 0 Å². The third kappa shape index (κ3) is 3.69. The minimum Gasteiger partial charge on any atom is -0.480 e. The zero-order chi connectivity index (χ0) is 13.7. The standard InChI is InChI=1S/C11H15N3O3S/c1-4-8(11(16)17)18-9-6-5-7(12-13-9)10(15)14(2)3/h5-6,8H,4H2,1-3H3,(H,16,17). The van der Waals surface area contributed by atoms with Gasteiger partial charge >= 0.3 is 5.97 Å². The van der Waals surface area contributed by atoms with Crippen molar-refractivity contribution in [3.63, 3.8) is 0 Å². The second kappa shape index (κ2) is 6.34. The average molecular weight is 269 g/mol. The first-order chi connectivity index (χ1) is 8.45. The van der Waals surface area contributed by atoms with Gasteiger partial charge in [-0.2, -0.15) is 0 Å². The molecular formula is C11H15N3O3S. The predicted molar refractivity (Wildman–Crippen MR) is 67.6 cm³/mol. The molecule has 1 N–H and O–H groups in total. The van der Waals surface area contributed by atoms with Crippen LogP contribution >= 0.6 is 11.8 Å². The van der Waals surface area contributed by atoms with Gasteiger partial charge in [0.25, 0.3) is 5.91 Å². The van der Waals surface area contributed by atoms with Crippen LogP contribution in [0.25, 0.3) is 0 Å². The van der Waals surface area contributed by atoms with E-state index in [9.17, 15) is 9.59 Å². The van der Waals surface area contributed by atoms with Gasteiger partial charge < -0.3 is 10.0 Å². The lowest BCUT2D eigenvalue weighted by Crippen LogP contribution is -2.23. The molecule has 0 aliphatic carbocycles. The molecule has 0 fully saturated rings. The Hall–Kier alpha value is -1.63. The van der Waals surface area contributed by atoms with E-state index < -0.39 is 11.2 Å². The summed E-state index contributed by atoms with van der Waals surface area (Å²) in [6, 6.07) is 3.16. The number of hydrogen-bond acceptors (Lipinski definition) is 5. The van der Waals surface area contributed by atoms with E-state index in [1.165, 1.54) is 4.90 Å². The van der Waals surface area contributed by atoms with Crippen LogP contribution < -0.4 is 0 Å². The highest BCUT2D eigenvalue weighted by atomic mass is 32.2. The zero-order valence-electron chi connectivity index (χ0n) is 10.5. The summed E-state index contributed by atoms with van der Waals surface area (Å²) in [4.78, 5) is 23.8. The van der Waals surface area contributed by atoms with E-state index in [1.807, 2.05) is 0 Å². The molecule has 6 nitrogen and oxygen atoms in total. The van der Waals surface area contributed by atoms with Crippen molar-refractivity contribution in [2.24, 2.45) is 0 Å². The Labute approximate surface area is 109 Å². The van der Waals surface area contributed by atoms with Crippen LogP contribution in [0.2, 0.25) is 0 Å². The second-order valence-electron chi connectivity index (χ2n) is 3.81. The van der Waals surface area contributed by atoms with E-state index in [1.54, 1.807) is 33.2 Å². The number of rotatable bonds is 5. The molecule has 1 heterocycles. The molecule has 1 aromatic heterocycles. The van der Waals surface area contributed by atoms with Gasteiger partial charge in [-0.25, -0.2) is 0 Å². The summed E-state index contributed by atoms with van der Waals surface area (Å²) in [5, 5.41) is 16.5.